The minimum absolute atomic E-state index is 0.684. The molecule has 0 spiro atoms. The van der Waals surface area contributed by atoms with Crippen molar-refractivity contribution < 1.29 is 4.39 Å². The number of hydrogen-bond acceptors (Lipinski definition) is 2. The molecule has 1 saturated heterocycles. The van der Waals surface area contributed by atoms with Crippen molar-refractivity contribution in [3.05, 3.63) is 0 Å². The Morgan fingerprint density at radius 2 is 2.17 bits per heavy atom. The Hall–Kier alpha value is -0.150. The molecule has 2 N–H and O–H groups in total. The normalized spacial score (nSPS) is 26.0. The van der Waals surface area contributed by atoms with Crippen LogP contribution in [0.4, 0.5) is 4.39 Å². The molecule has 12 heavy (non-hydrogen) atoms. The van der Waals surface area contributed by atoms with E-state index >= 15 is 0 Å². The Kier molecular flexibility index (Phi) is 4.54. The van der Waals surface area contributed by atoms with E-state index in [1.165, 1.54) is 0 Å². The van der Waals surface area contributed by atoms with Gasteiger partial charge in [0.2, 0.25) is 0 Å². The van der Waals surface area contributed by atoms with Gasteiger partial charge in [0.25, 0.3) is 0 Å². The smallest absolute Gasteiger partial charge is 0.153 e. The summed E-state index contributed by atoms with van der Waals surface area (Å²) in [6.07, 6.45) is 4.30. The zero-order chi connectivity index (χ0) is 8.81. The molecule has 1 heterocycles. The van der Waals surface area contributed by atoms with Crippen LogP contribution in [0.1, 0.15) is 32.1 Å². The van der Waals surface area contributed by atoms with E-state index in [9.17, 15) is 4.39 Å². The number of piperidine rings is 1. The van der Waals surface area contributed by atoms with Crippen molar-refractivity contribution in [2.75, 3.05) is 19.6 Å². The van der Waals surface area contributed by atoms with Crippen molar-refractivity contribution in [1.82, 2.24) is 4.90 Å². The molecule has 1 unspecified atom stereocenters. The van der Waals surface area contributed by atoms with Crippen LogP contribution >= 0.6 is 0 Å². The number of halogens is 1. The highest BCUT2D eigenvalue weighted by molar-refractivity contribution is 4.68. The van der Waals surface area contributed by atoms with Crippen LogP contribution in [-0.2, 0) is 0 Å². The summed E-state index contributed by atoms with van der Waals surface area (Å²) in [7, 11) is 0. The van der Waals surface area contributed by atoms with Gasteiger partial charge in [-0.2, -0.15) is 0 Å². The topological polar surface area (TPSA) is 29.3 Å². The average molecular weight is 174 g/mol. The van der Waals surface area contributed by atoms with Gasteiger partial charge in [0.05, 0.1) is 0 Å². The predicted molar refractivity (Wildman–Crippen MR) is 48.6 cm³/mol. The van der Waals surface area contributed by atoms with Gasteiger partial charge >= 0.3 is 0 Å². The molecule has 1 aliphatic rings. The third kappa shape index (κ3) is 3.07. The van der Waals surface area contributed by atoms with Gasteiger partial charge in [-0.15, -0.1) is 0 Å². The van der Waals surface area contributed by atoms with Crippen molar-refractivity contribution in [3.8, 4) is 0 Å². The molecule has 1 atom stereocenters. The highest BCUT2D eigenvalue weighted by Gasteiger charge is 2.20. The fourth-order valence-electron chi connectivity index (χ4n) is 1.66. The van der Waals surface area contributed by atoms with E-state index in [0.29, 0.717) is 0 Å². The zero-order valence-corrected chi connectivity index (χ0v) is 7.64. The van der Waals surface area contributed by atoms with Crippen molar-refractivity contribution >= 4 is 0 Å². The highest BCUT2D eigenvalue weighted by Crippen LogP contribution is 2.17. The second-order valence-corrected chi connectivity index (χ2v) is 3.46. The Balaban J connectivity index is 2.11. The molecule has 1 fully saturated rings. The second kappa shape index (κ2) is 5.49. The number of likely N-dealkylation sites (tertiary alicyclic amines) is 1. The van der Waals surface area contributed by atoms with Crippen LogP contribution < -0.4 is 5.73 Å². The van der Waals surface area contributed by atoms with E-state index < -0.39 is 6.30 Å². The van der Waals surface area contributed by atoms with E-state index in [2.05, 4.69) is 0 Å². The lowest BCUT2D eigenvalue weighted by molar-refractivity contribution is 0.0455. The largest absolute Gasteiger partial charge is 0.330 e. The summed E-state index contributed by atoms with van der Waals surface area (Å²) >= 11 is 0. The summed E-state index contributed by atoms with van der Waals surface area (Å²) in [5, 5.41) is 0. The van der Waals surface area contributed by atoms with Crippen LogP contribution in [0.5, 0.6) is 0 Å². The first-order valence-corrected chi connectivity index (χ1v) is 4.93. The van der Waals surface area contributed by atoms with Crippen LogP contribution in [0, 0.1) is 0 Å². The van der Waals surface area contributed by atoms with Crippen molar-refractivity contribution in [3.63, 3.8) is 0 Å². The molecule has 72 valence electrons. The molecule has 0 bridgehead atoms. The Labute approximate surface area is 73.9 Å². The fourth-order valence-corrected chi connectivity index (χ4v) is 1.66. The zero-order valence-electron chi connectivity index (χ0n) is 7.64. The van der Waals surface area contributed by atoms with Gasteiger partial charge in [0, 0.05) is 13.1 Å². The summed E-state index contributed by atoms with van der Waals surface area (Å²) in [4.78, 5) is 1.94. The number of alkyl halides is 1. The molecule has 0 aromatic carbocycles. The van der Waals surface area contributed by atoms with E-state index in [1.54, 1.807) is 0 Å². The minimum Gasteiger partial charge on any atom is -0.330 e. The van der Waals surface area contributed by atoms with Gasteiger partial charge in [-0.3, -0.25) is 4.90 Å². The third-order valence-corrected chi connectivity index (χ3v) is 2.43. The van der Waals surface area contributed by atoms with Crippen LogP contribution in [-0.4, -0.2) is 30.8 Å². The third-order valence-electron chi connectivity index (χ3n) is 2.43. The maximum Gasteiger partial charge on any atom is 0.153 e. The maximum absolute atomic E-state index is 13.2. The molecule has 0 radical (unpaired) electrons. The van der Waals surface area contributed by atoms with Gasteiger partial charge < -0.3 is 5.73 Å². The number of hydrogen-bond donors (Lipinski definition) is 1. The minimum atomic E-state index is -0.684. The molecular formula is C9H19FN2. The lowest BCUT2D eigenvalue weighted by atomic mass is 10.1. The van der Waals surface area contributed by atoms with Gasteiger partial charge in [0.1, 0.15) is 0 Å². The molecule has 3 heteroatoms. The quantitative estimate of drug-likeness (QED) is 0.517. The lowest BCUT2D eigenvalue weighted by Gasteiger charge is -2.30. The molecule has 0 aromatic heterocycles. The summed E-state index contributed by atoms with van der Waals surface area (Å²) < 4.78 is 13.2. The molecule has 0 amide bonds. The van der Waals surface area contributed by atoms with Crippen molar-refractivity contribution in [2.24, 2.45) is 5.73 Å². The first-order chi connectivity index (χ1) is 5.84. The number of rotatable bonds is 4. The van der Waals surface area contributed by atoms with E-state index in [0.717, 1.165) is 51.7 Å². The molecule has 1 aliphatic heterocycles. The maximum atomic E-state index is 13.2. The first kappa shape index (κ1) is 9.93. The van der Waals surface area contributed by atoms with Crippen LogP contribution in [0.15, 0.2) is 0 Å². The molecular weight excluding hydrogens is 155 g/mol. The van der Waals surface area contributed by atoms with Gasteiger partial charge in [-0.25, -0.2) is 4.39 Å². The van der Waals surface area contributed by atoms with E-state index in [1.807, 2.05) is 4.90 Å². The lowest BCUT2D eigenvalue weighted by Crippen LogP contribution is -2.37. The molecule has 0 aromatic rings. The van der Waals surface area contributed by atoms with Crippen LogP contribution in [0.3, 0.4) is 0 Å². The number of nitrogens with two attached hydrogens (primary N) is 1. The van der Waals surface area contributed by atoms with Crippen molar-refractivity contribution in [1.29, 1.82) is 0 Å². The molecule has 0 aliphatic carbocycles. The molecule has 2 nitrogen and oxygen atoms in total. The summed E-state index contributed by atoms with van der Waals surface area (Å²) in [5.41, 5.74) is 5.37. The Morgan fingerprint density at radius 1 is 1.33 bits per heavy atom. The standard InChI is InChI=1S/C9H19FN2/c10-9-5-1-3-7-12(9)8-4-2-6-11/h9H,1-8,11H2. The molecule has 1 rings (SSSR count). The highest BCUT2D eigenvalue weighted by atomic mass is 19.1. The second-order valence-electron chi connectivity index (χ2n) is 3.46. The number of nitrogens with zero attached hydrogens (tertiary/aromatic N) is 1. The van der Waals surface area contributed by atoms with Gasteiger partial charge in [-0.1, -0.05) is 0 Å². The van der Waals surface area contributed by atoms with Crippen LogP contribution in [0.2, 0.25) is 0 Å². The van der Waals surface area contributed by atoms with Crippen molar-refractivity contribution in [2.45, 2.75) is 38.4 Å². The van der Waals surface area contributed by atoms with E-state index in [-0.39, 0.29) is 0 Å². The predicted octanol–water partition coefficient (Wildman–Crippen LogP) is 1.51. The van der Waals surface area contributed by atoms with Crippen LogP contribution in [0.25, 0.3) is 0 Å². The summed E-state index contributed by atoms with van der Waals surface area (Å²) in [6.45, 7) is 2.55. The SMILES string of the molecule is NCCCCN1CCCCC1F. The monoisotopic (exact) mass is 174 g/mol. The Morgan fingerprint density at radius 3 is 2.83 bits per heavy atom. The average Bonchev–Trinajstić information content (AvgIpc) is 2.09. The fraction of sp³-hybridized carbons (Fsp3) is 1.00. The molecule has 0 saturated carbocycles. The van der Waals surface area contributed by atoms with Gasteiger partial charge in [-0.05, 0) is 38.6 Å². The van der Waals surface area contributed by atoms with Gasteiger partial charge in [0.15, 0.2) is 6.30 Å². The Bertz CT molecular complexity index is 119. The summed E-state index contributed by atoms with van der Waals surface area (Å²) in [6, 6.07) is 0. The van der Waals surface area contributed by atoms with E-state index in [4.69, 9.17) is 5.73 Å². The number of unbranched alkanes of at least 4 members (excludes halogenated alkanes) is 1. The summed E-state index contributed by atoms with van der Waals surface area (Å²) in [5.74, 6) is 0. The first-order valence-electron chi connectivity index (χ1n) is 4.93.